The first-order chi connectivity index (χ1) is 15.5. The highest BCUT2D eigenvalue weighted by atomic mass is 31.2. The summed E-state index contributed by atoms with van der Waals surface area (Å²) in [5.41, 5.74) is 0.0127. The molecule has 4 aromatic carbocycles. The molecule has 4 rings (SSSR count). The molecular formula is C25H20N2O4P+. The van der Waals surface area contributed by atoms with Crippen LogP contribution in [-0.2, 0) is 6.16 Å². The van der Waals surface area contributed by atoms with Crippen LogP contribution in [0.25, 0.3) is 0 Å². The fraction of sp³-hybridized carbons (Fsp3) is 0.0400. The Morgan fingerprint density at radius 2 is 0.906 bits per heavy atom. The maximum Gasteiger partial charge on any atom is 0.276 e. The van der Waals surface area contributed by atoms with Crippen molar-refractivity contribution in [3.63, 3.8) is 0 Å². The Labute approximate surface area is 185 Å². The summed E-state index contributed by atoms with van der Waals surface area (Å²) in [6.45, 7) is 0. The van der Waals surface area contributed by atoms with Crippen LogP contribution in [0.5, 0.6) is 0 Å². The highest BCUT2D eigenvalue weighted by Gasteiger charge is 2.45. The van der Waals surface area contributed by atoms with Crippen molar-refractivity contribution in [3.05, 3.63) is 135 Å². The van der Waals surface area contributed by atoms with Crippen molar-refractivity contribution in [1.82, 2.24) is 0 Å². The van der Waals surface area contributed by atoms with Crippen LogP contribution in [0.1, 0.15) is 5.56 Å². The lowest BCUT2D eigenvalue weighted by molar-refractivity contribution is -0.394. The summed E-state index contributed by atoms with van der Waals surface area (Å²) < 4.78 is 0. The smallest absolute Gasteiger partial charge is 0.258 e. The standard InChI is InChI=1S/C25H20N2O4P/c28-26(29)21-16-20(17-22(18-21)27(30)31)19-32(23-10-4-1-5-11-23,24-12-6-2-7-13-24)25-14-8-3-9-15-25/h1-18H,19H2/q+1. The molecule has 0 radical (unpaired) electrons. The monoisotopic (exact) mass is 443 g/mol. The second kappa shape index (κ2) is 9.08. The van der Waals surface area contributed by atoms with Gasteiger partial charge in [0.15, 0.2) is 0 Å². The lowest BCUT2D eigenvalue weighted by Gasteiger charge is -2.27. The molecular weight excluding hydrogens is 423 g/mol. The fourth-order valence-electron chi connectivity index (χ4n) is 4.00. The van der Waals surface area contributed by atoms with Crippen LogP contribution in [0, 0.1) is 20.2 Å². The van der Waals surface area contributed by atoms with Crippen LogP contribution < -0.4 is 15.9 Å². The maximum absolute atomic E-state index is 11.5. The van der Waals surface area contributed by atoms with E-state index in [2.05, 4.69) is 36.4 Å². The van der Waals surface area contributed by atoms with Gasteiger partial charge in [0.25, 0.3) is 11.4 Å². The zero-order valence-electron chi connectivity index (χ0n) is 17.1. The molecule has 0 saturated carbocycles. The van der Waals surface area contributed by atoms with E-state index < -0.39 is 17.1 Å². The van der Waals surface area contributed by atoms with E-state index in [9.17, 15) is 20.2 Å². The summed E-state index contributed by atoms with van der Waals surface area (Å²) in [6, 6.07) is 34.1. The molecule has 0 atom stereocenters. The lowest BCUT2D eigenvalue weighted by atomic mass is 10.2. The Balaban J connectivity index is 2.01. The topological polar surface area (TPSA) is 86.3 Å². The predicted octanol–water partition coefficient (Wildman–Crippen LogP) is 5.00. The van der Waals surface area contributed by atoms with Crippen molar-refractivity contribution in [2.45, 2.75) is 6.16 Å². The zero-order valence-corrected chi connectivity index (χ0v) is 18.0. The third kappa shape index (κ3) is 4.13. The van der Waals surface area contributed by atoms with Crippen LogP contribution >= 0.6 is 7.26 Å². The first-order valence-electron chi connectivity index (χ1n) is 9.98. The van der Waals surface area contributed by atoms with Gasteiger partial charge in [-0.05, 0) is 36.4 Å². The molecule has 0 bridgehead atoms. The molecule has 0 aliphatic carbocycles. The van der Waals surface area contributed by atoms with E-state index in [0.29, 0.717) is 11.7 Å². The molecule has 0 fully saturated rings. The van der Waals surface area contributed by atoms with Gasteiger partial charge in [-0.1, -0.05) is 54.6 Å². The minimum Gasteiger partial charge on any atom is -0.258 e. The van der Waals surface area contributed by atoms with Crippen LogP contribution in [-0.4, -0.2) is 9.85 Å². The molecule has 0 heterocycles. The van der Waals surface area contributed by atoms with E-state index in [1.807, 2.05) is 54.6 Å². The summed E-state index contributed by atoms with van der Waals surface area (Å²) in [7, 11) is -2.32. The number of nitrogens with zero attached hydrogens (tertiary/aromatic N) is 2. The number of non-ortho nitro benzene ring substituents is 2. The van der Waals surface area contributed by atoms with Crippen LogP contribution in [0.3, 0.4) is 0 Å². The molecule has 0 unspecified atom stereocenters. The van der Waals surface area contributed by atoms with E-state index in [4.69, 9.17) is 0 Å². The predicted molar refractivity (Wildman–Crippen MR) is 129 cm³/mol. The lowest BCUT2D eigenvalue weighted by Crippen LogP contribution is -2.32. The number of benzene rings is 4. The minimum absolute atomic E-state index is 0.276. The minimum atomic E-state index is -2.32. The van der Waals surface area contributed by atoms with Gasteiger partial charge in [0.05, 0.1) is 22.1 Å². The first kappa shape index (κ1) is 21.3. The number of nitro benzene ring substituents is 2. The third-order valence-corrected chi connectivity index (χ3v) is 9.77. The Bertz CT molecular complexity index is 1120. The van der Waals surface area contributed by atoms with Crippen molar-refractivity contribution < 1.29 is 9.85 Å². The summed E-state index contributed by atoms with van der Waals surface area (Å²) >= 11 is 0. The van der Waals surface area contributed by atoms with Gasteiger partial charge in [-0.2, -0.15) is 0 Å². The van der Waals surface area contributed by atoms with Gasteiger partial charge in [-0.3, -0.25) is 20.2 Å². The first-order valence-corrected chi connectivity index (χ1v) is 12.0. The molecule has 158 valence electrons. The molecule has 7 heteroatoms. The zero-order chi connectivity index (χ0) is 22.6. The van der Waals surface area contributed by atoms with Crippen molar-refractivity contribution in [1.29, 1.82) is 0 Å². The largest absolute Gasteiger partial charge is 0.276 e. The summed E-state index contributed by atoms with van der Waals surface area (Å²) in [5, 5.41) is 26.3. The molecule has 6 nitrogen and oxygen atoms in total. The van der Waals surface area contributed by atoms with Gasteiger partial charge >= 0.3 is 0 Å². The van der Waals surface area contributed by atoms with Gasteiger partial charge in [0.1, 0.15) is 23.2 Å². The van der Waals surface area contributed by atoms with E-state index in [1.54, 1.807) is 0 Å². The van der Waals surface area contributed by atoms with E-state index >= 15 is 0 Å². The number of rotatable bonds is 7. The maximum atomic E-state index is 11.5. The molecule has 0 saturated heterocycles. The van der Waals surface area contributed by atoms with Crippen molar-refractivity contribution >= 4 is 34.6 Å². The molecule has 0 amide bonds. The molecule has 0 N–H and O–H groups in total. The van der Waals surface area contributed by atoms with Gasteiger partial charge in [0, 0.05) is 17.7 Å². The second-order valence-corrected chi connectivity index (χ2v) is 10.8. The summed E-state index contributed by atoms with van der Waals surface area (Å²) in [4.78, 5) is 21.8. The van der Waals surface area contributed by atoms with E-state index in [-0.39, 0.29) is 11.4 Å². The van der Waals surface area contributed by atoms with Gasteiger partial charge < -0.3 is 0 Å². The Kier molecular flexibility index (Phi) is 6.06. The molecule has 0 aromatic heterocycles. The van der Waals surface area contributed by atoms with Crippen LogP contribution in [0.4, 0.5) is 11.4 Å². The Morgan fingerprint density at radius 3 is 1.22 bits per heavy atom. The number of hydrogen-bond donors (Lipinski definition) is 0. The normalized spacial score (nSPS) is 11.1. The fourth-order valence-corrected chi connectivity index (χ4v) is 8.22. The Morgan fingerprint density at radius 1 is 0.562 bits per heavy atom. The quantitative estimate of drug-likeness (QED) is 0.229. The molecule has 0 spiro atoms. The Hall–Kier alpha value is -3.89. The molecule has 4 aromatic rings. The summed E-state index contributed by atoms with van der Waals surface area (Å²) in [6.07, 6.45) is 0.424. The van der Waals surface area contributed by atoms with E-state index in [1.165, 1.54) is 12.1 Å². The number of nitro groups is 2. The van der Waals surface area contributed by atoms with Crippen molar-refractivity contribution in [3.8, 4) is 0 Å². The van der Waals surface area contributed by atoms with Gasteiger partial charge in [0.2, 0.25) is 0 Å². The average molecular weight is 443 g/mol. The van der Waals surface area contributed by atoms with Crippen molar-refractivity contribution in [2.75, 3.05) is 0 Å². The van der Waals surface area contributed by atoms with Crippen LogP contribution in [0.15, 0.2) is 109 Å². The van der Waals surface area contributed by atoms with E-state index in [0.717, 1.165) is 22.0 Å². The second-order valence-electron chi connectivity index (χ2n) is 7.35. The van der Waals surface area contributed by atoms with Crippen LogP contribution in [0.2, 0.25) is 0 Å². The number of hydrogen-bond acceptors (Lipinski definition) is 4. The van der Waals surface area contributed by atoms with Crippen molar-refractivity contribution in [2.24, 2.45) is 0 Å². The van der Waals surface area contributed by atoms with Gasteiger partial charge in [-0.15, -0.1) is 0 Å². The average Bonchev–Trinajstić information content (AvgIpc) is 2.84. The highest BCUT2D eigenvalue weighted by Crippen LogP contribution is 2.58. The van der Waals surface area contributed by atoms with Gasteiger partial charge in [-0.25, -0.2) is 0 Å². The third-order valence-electron chi connectivity index (χ3n) is 5.39. The molecule has 0 aliphatic heterocycles. The SMILES string of the molecule is O=[N+]([O-])c1cc(C[P+](c2ccccc2)(c2ccccc2)c2ccccc2)cc([N+](=O)[O-])c1. The molecule has 0 aliphatic rings. The molecule has 32 heavy (non-hydrogen) atoms. The highest BCUT2D eigenvalue weighted by molar-refractivity contribution is 7.95. The summed E-state index contributed by atoms with van der Waals surface area (Å²) in [5.74, 6) is 0.